The van der Waals surface area contributed by atoms with Crippen LogP contribution in [0.4, 0.5) is 5.82 Å². The first-order chi connectivity index (χ1) is 16.5. The van der Waals surface area contributed by atoms with Crippen molar-refractivity contribution in [1.29, 1.82) is 0 Å². The smallest absolute Gasteiger partial charge is 0.254 e. The Balaban J connectivity index is 1.47. The molecule has 34 heavy (non-hydrogen) atoms. The number of nitrogens with zero attached hydrogens (tertiary/aromatic N) is 5. The topological polar surface area (TPSA) is 103 Å². The summed E-state index contributed by atoms with van der Waals surface area (Å²) in [5.74, 6) is 1.36. The molecule has 2 atom stereocenters. The van der Waals surface area contributed by atoms with Crippen LogP contribution in [0.25, 0.3) is 10.9 Å². The van der Waals surface area contributed by atoms with Gasteiger partial charge in [-0.1, -0.05) is 26.0 Å². The number of rotatable bonds is 2. The number of hydrogen-bond acceptors (Lipinski definition) is 7. The van der Waals surface area contributed by atoms with Crippen LogP contribution in [0.5, 0.6) is 0 Å². The van der Waals surface area contributed by atoms with E-state index in [1.165, 1.54) is 0 Å². The third-order valence-corrected chi connectivity index (χ3v) is 6.57. The van der Waals surface area contributed by atoms with Gasteiger partial charge in [-0.2, -0.15) is 0 Å². The predicted octanol–water partition coefficient (Wildman–Crippen LogP) is 1.92. The Morgan fingerprint density at radius 3 is 2.68 bits per heavy atom. The van der Waals surface area contributed by atoms with Crippen molar-refractivity contribution >= 4 is 28.5 Å². The molecular weight excluding hydrogens is 430 g/mol. The highest BCUT2D eigenvalue weighted by atomic mass is 16.2. The van der Waals surface area contributed by atoms with Crippen LogP contribution in [0.3, 0.4) is 0 Å². The number of amides is 2. The Hall–Kier alpha value is -3.59. The molecule has 5 rings (SSSR count). The second-order valence-electron chi connectivity index (χ2n) is 9.23. The number of carbonyl (C=O) groups excluding carboxylic acids is 2. The highest BCUT2D eigenvalue weighted by Crippen LogP contribution is 2.24. The van der Waals surface area contributed by atoms with Crippen molar-refractivity contribution in [3.63, 3.8) is 0 Å². The SMILES string of the molecule is CC(C)[C@@H]1Nc2nc(nc3ccccc23)CN2CCN(C(=O)c3ccncc3)CC2CNC1=O. The number of anilines is 1. The highest BCUT2D eigenvalue weighted by Gasteiger charge is 2.33. The predicted molar refractivity (Wildman–Crippen MR) is 129 cm³/mol. The first-order valence-corrected chi connectivity index (χ1v) is 11.7. The summed E-state index contributed by atoms with van der Waals surface area (Å²) < 4.78 is 0. The zero-order valence-corrected chi connectivity index (χ0v) is 19.4. The van der Waals surface area contributed by atoms with E-state index >= 15 is 0 Å². The fourth-order valence-corrected chi connectivity index (χ4v) is 4.65. The quantitative estimate of drug-likeness (QED) is 0.603. The van der Waals surface area contributed by atoms with Crippen LogP contribution in [-0.2, 0) is 11.3 Å². The van der Waals surface area contributed by atoms with Crippen molar-refractivity contribution in [2.24, 2.45) is 5.92 Å². The molecule has 1 saturated heterocycles. The minimum Gasteiger partial charge on any atom is -0.358 e. The van der Waals surface area contributed by atoms with Crippen molar-refractivity contribution in [3.05, 3.63) is 60.2 Å². The maximum Gasteiger partial charge on any atom is 0.254 e. The van der Waals surface area contributed by atoms with E-state index in [2.05, 4.69) is 20.5 Å². The molecule has 4 heterocycles. The minimum absolute atomic E-state index is 0.0198. The Kier molecular flexibility index (Phi) is 6.10. The van der Waals surface area contributed by atoms with Crippen molar-refractivity contribution in [2.45, 2.75) is 32.5 Å². The van der Waals surface area contributed by atoms with Crippen LogP contribution in [-0.4, -0.2) is 74.8 Å². The average Bonchev–Trinajstić information content (AvgIpc) is 2.87. The van der Waals surface area contributed by atoms with Gasteiger partial charge in [0, 0.05) is 55.6 Å². The van der Waals surface area contributed by atoms with Crippen LogP contribution in [0, 0.1) is 5.92 Å². The summed E-state index contributed by atoms with van der Waals surface area (Å²) in [4.78, 5) is 44.0. The molecule has 0 saturated carbocycles. The van der Waals surface area contributed by atoms with Crippen LogP contribution in [0.1, 0.15) is 30.0 Å². The number of para-hydroxylation sites is 1. The van der Waals surface area contributed by atoms with Gasteiger partial charge in [-0.25, -0.2) is 9.97 Å². The lowest BCUT2D eigenvalue weighted by Crippen LogP contribution is -2.58. The molecule has 1 unspecified atom stereocenters. The number of fused-ring (bicyclic) bond motifs is 5. The summed E-state index contributed by atoms with van der Waals surface area (Å²) in [6.07, 6.45) is 3.26. The van der Waals surface area contributed by atoms with Crippen molar-refractivity contribution < 1.29 is 9.59 Å². The van der Waals surface area contributed by atoms with Gasteiger partial charge in [0.25, 0.3) is 5.91 Å². The molecule has 2 aromatic heterocycles. The molecule has 9 nitrogen and oxygen atoms in total. The molecule has 0 aliphatic carbocycles. The van der Waals surface area contributed by atoms with E-state index in [1.807, 2.05) is 43.0 Å². The highest BCUT2D eigenvalue weighted by molar-refractivity contribution is 5.94. The van der Waals surface area contributed by atoms with E-state index in [9.17, 15) is 9.59 Å². The third-order valence-electron chi connectivity index (χ3n) is 6.57. The van der Waals surface area contributed by atoms with Gasteiger partial charge in [0.15, 0.2) is 0 Å². The summed E-state index contributed by atoms with van der Waals surface area (Å²) in [7, 11) is 0. The maximum atomic E-state index is 13.2. The minimum atomic E-state index is -0.434. The van der Waals surface area contributed by atoms with Gasteiger partial charge >= 0.3 is 0 Å². The number of benzene rings is 1. The summed E-state index contributed by atoms with van der Waals surface area (Å²) in [6, 6.07) is 10.8. The molecule has 0 radical (unpaired) electrons. The molecule has 2 aliphatic rings. The number of nitrogens with one attached hydrogen (secondary N) is 2. The van der Waals surface area contributed by atoms with E-state index in [0.717, 1.165) is 10.9 Å². The molecule has 2 aliphatic heterocycles. The largest absolute Gasteiger partial charge is 0.358 e. The van der Waals surface area contributed by atoms with Crippen LogP contribution >= 0.6 is 0 Å². The molecule has 2 amide bonds. The zero-order chi connectivity index (χ0) is 23.7. The van der Waals surface area contributed by atoms with E-state index in [-0.39, 0.29) is 23.8 Å². The summed E-state index contributed by atoms with van der Waals surface area (Å²) >= 11 is 0. The normalized spacial score (nSPS) is 21.4. The average molecular weight is 460 g/mol. The maximum absolute atomic E-state index is 13.2. The number of pyridine rings is 1. The fraction of sp³-hybridized carbons (Fsp3) is 0.400. The zero-order valence-electron chi connectivity index (χ0n) is 19.4. The number of aromatic nitrogens is 3. The number of carbonyl (C=O) groups is 2. The molecule has 9 heteroatoms. The molecule has 1 fully saturated rings. The van der Waals surface area contributed by atoms with Crippen LogP contribution < -0.4 is 10.6 Å². The van der Waals surface area contributed by atoms with E-state index < -0.39 is 6.04 Å². The molecule has 176 valence electrons. The van der Waals surface area contributed by atoms with Crippen molar-refractivity contribution in [2.75, 3.05) is 31.5 Å². The van der Waals surface area contributed by atoms with E-state index in [1.54, 1.807) is 24.5 Å². The first kappa shape index (κ1) is 22.2. The molecular formula is C25H29N7O2. The Labute approximate surface area is 198 Å². The summed E-state index contributed by atoms with van der Waals surface area (Å²) in [5.41, 5.74) is 1.47. The number of piperazine rings is 1. The van der Waals surface area contributed by atoms with Gasteiger partial charge in [0.1, 0.15) is 17.7 Å². The van der Waals surface area contributed by atoms with Gasteiger partial charge in [-0.05, 0) is 30.2 Å². The standard InChI is InChI=1S/C25H29N7O2/c1-16(2)22-24(33)27-13-18-14-32(25(34)17-7-9-26-10-8-17)12-11-31(18)15-21-28-20-6-4-3-5-19(20)23(29-21)30-22/h3-10,16,18,22H,11-15H2,1-2H3,(H,27,33)(H,28,29,30)/t18?,22-/m0/s1. The van der Waals surface area contributed by atoms with Crippen LogP contribution in [0.15, 0.2) is 48.8 Å². The molecule has 0 spiro atoms. The van der Waals surface area contributed by atoms with Crippen molar-refractivity contribution in [1.82, 2.24) is 30.1 Å². The van der Waals surface area contributed by atoms with Gasteiger partial charge < -0.3 is 15.5 Å². The molecule has 1 aromatic carbocycles. The Bertz CT molecular complexity index is 1200. The summed E-state index contributed by atoms with van der Waals surface area (Å²) in [6.45, 7) is 6.81. The molecule has 3 aromatic rings. The monoisotopic (exact) mass is 459 g/mol. The van der Waals surface area contributed by atoms with Gasteiger partial charge in [-0.3, -0.25) is 19.5 Å². The lowest BCUT2D eigenvalue weighted by Gasteiger charge is -2.41. The number of hydrogen-bond donors (Lipinski definition) is 2. The molecule has 2 N–H and O–H groups in total. The van der Waals surface area contributed by atoms with Crippen molar-refractivity contribution in [3.8, 4) is 0 Å². The van der Waals surface area contributed by atoms with E-state index in [4.69, 9.17) is 9.97 Å². The molecule has 2 bridgehead atoms. The lowest BCUT2D eigenvalue weighted by molar-refractivity contribution is -0.123. The van der Waals surface area contributed by atoms with E-state index in [0.29, 0.717) is 49.9 Å². The first-order valence-electron chi connectivity index (χ1n) is 11.7. The Morgan fingerprint density at radius 2 is 1.88 bits per heavy atom. The lowest BCUT2D eigenvalue weighted by atomic mass is 10.0. The van der Waals surface area contributed by atoms with Gasteiger partial charge in [0.2, 0.25) is 5.91 Å². The summed E-state index contributed by atoms with van der Waals surface area (Å²) in [5, 5.41) is 7.41. The fourth-order valence-electron chi connectivity index (χ4n) is 4.65. The van der Waals surface area contributed by atoms with Gasteiger partial charge in [-0.15, -0.1) is 0 Å². The Morgan fingerprint density at radius 1 is 1.09 bits per heavy atom. The second-order valence-corrected chi connectivity index (χ2v) is 9.23. The van der Waals surface area contributed by atoms with Gasteiger partial charge in [0.05, 0.1) is 12.1 Å². The second kappa shape index (κ2) is 9.34. The third kappa shape index (κ3) is 4.43. The van der Waals surface area contributed by atoms with Crippen LogP contribution in [0.2, 0.25) is 0 Å².